The maximum Gasteiger partial charge on any atom is 0.174 e. The van der Waals surface area contributed by atoms with Crippen molar-refractivity contribution in [1.82, 2.24) is 15.0 Å². The third-order valence-corrected chi connectivity index (χ3v) is 2.33. The number of hydrogen-bond acceptors (Lipinski definition) is 2. The summed E-state index contributed by atoms with van der Waals surface area (Å²) >= 11 is 11.7. The van der Waals surface area contributed by atoms with Gasteiger partial charge in [0.25, 0.3) is 0 Å². The molecule has 0 aliphatic carbocycles. The highest BCUT2D eigenvalue weighted by atomic mass is 35.5. The average molecular weight is 213 g/mol. The molecule has 2 aromatic heterocycles. The monoisotopic (exact) mass is 212 g/mol. The number of rotatable bonds is 1. The molecule has 0 unspecified atom stereocenters. The van der Waals surface area contributed by atoms with E-state index in [0.29, 0.717) is 21.4 Å². The number of aromatic amines is 1. The third kappa shape index (κ3) is 1.53. The molecule has 0 aliphatic heterocycles. The minimum Gasteiger partial charge on any atom is -0.341 e. The summed E-state index contributed by atoms with van der Waals surface area (Å²) in [6.45, 7) is 0. The Labute approximate surface area is 84.7 Å². The van der Waals surface area contributed by atoms with Gasteiger partial charge in [0.15, 0.2) is 6.33 Å². The van der Waals surface area contributed by atoms with Crippen LogP contribution in [0.3, 0.4) is 0 Å². The van der Waals surface area contributed by atoms with Gasteiger partial charge in [-0.2, -0.15) is 0 Å². The number of nitrogens with one attached hydrogen (secondary N) is 1. The van der Waals surface area contributed by atoms with Crippen molar-refractivity contribution in [2.75, 3.05) is 0 Å². The van der Waals surface area contributed by atoms with Crippen LogP contribution in [-0.4, -0.2) is 15.0 Å². The molecule has 0 saturated heterocycles. The SMILES string of the molecule is Clc1ccnc(-c2c[nH][c]n2)c1Cl. The van der Waals surface area contributed by atoms with Gasteiger partial charge in [0, 0.05) is 12.4 Å². The van der Waals surface area contributed by atoms with Crippen LogP contribution in [-0.2, 0) is 0 Å². The lowest BCUT2D eigenvalue weighted by molar-refractivity contribution is 1.26. The highest BCUT2D eigenvalue weighted by Crippen LogP contribution is 2.29. The van der Waals surface area contributed by atoms with Crippen LogP contribution >= 0.6 is 23.2 Å². The summed E-state index contributed by atoms with van der Waals surface area (Å²) in [7, 11) is 0. The fraction of sp³-hybridized carbons (Fsp3) is 0. The molecular weight excluding hydrogens is 209 g/mol. The molecule has 3 nitrogen and oxygen atoms in total. The second-order valence-electron chi connectivity index (χ2n) is 2.35. The lowest BCUT2D eigenvalue weighted by atomic mass is 10.3. The quantitative estimate of drug-likeness (QED) is 0.790. The topological polar surface area (TPSA) is 41.6 Å². The van der Waals surface area contributed by atoms with Gasteiger partial charge in [-0.3, -0.25) is 4.98 Å². The van der Waals surface area contributed by atoms with Crippen LogP contribution in [0.2, 0.25) is 10.0 Å². The van der Waals surface area contributed by atoms with E-state index in [1.165, 1.54) is 0 Å². The summed E-state index contributed by atoms with van der Waals surface area (Å²) in [5, 5.41) is 0.874. The Kier molecular flexibility index (Phi) is 2.20. The summed E-state index contributed by atoms with van der Waals surface area (Å²) in [5.41, 5.74) is 1.19. The molecule has 2 rings (SSSR count). The molecule has 0 amide bonds. The van der Waals surface area contributed by atoms with E-state index in [-0.39, 0.29) is 0 Å². The Morgan fingerprint density at radius 1 is 1.38 bits per heavy atom. The lowest BCUT2D eigenvalue weighted by Gasteiger charge is -1.99. The van der Waals surface area contributed by atoms with Crippen LogP contribution in [0.25, 0.3) is 11.4 Å². The third-order valence-electron chi connectivity index (χ3n) is 1.53. The van der Waals surface area contributed by atoms with E-state index >= 15 is 0 Å². The van der Waals surface area contributed by atoms with Gasteiger partial charge in [0.05, 0.1) is 10.0 Å². The Bertz CT molecular complexity index is 411. The molecule has 0 bridgehead atoms. The molecule has 65 valence electrons. The smallest absolute Gasteiger partial charge is 0.174 e. The number of pyridine rings is 1. The van der Waals surface area contributed by atoms with Gasteiger partial charge in [-0.1, -0.05) is 23.2 Å². The molecule has 2 heterocycles. The van der Waals surface area contributed by atoms with Gasteiger partial charge < -0.3 is 4.98 Å². The van der Waals surface area contributed by atoms with Crippen molar-refractivity contribution in [3.05, 3.63) is 34.8 Å². The molecule has 13 heavy (non-hydrogen) atoms. The van der Waals surface area contributed by atoms with Crippen molar-refractivity contribution >= 4 is 23.2 Å². The van der Waals surface area contributed by atoms with Crippen molar-refractivity contribution < 1.29 is 0 Å². The standard InChI is InChI=1S/C8H4Cl2N3/c9-5-1-2-12-8(7(5)10)6-3-11-4-13-6/h1-3H,(H,11,13). The molecule has 0 spiro atoms. The Morgan fingerprint density at radius 2 is 2.23 bits per heavy atom. The Balaban J connectivity index is 2.59. The fourth-order valence-corrected chi connectivity index (χ4v) is 1.30. The number of halogens is 2. The molecule has 0 fully saturated rings. The van der Waals surface area contributed by atoms with E-state index in [1.54, 1.807) is 18.5 Å². The molecule has 0 aromatic carbocycles. The average Bonchev–Trinajstić information content (AvgIpc) is 2.62. The van der Waals surface area contributed by atoms with Gasteiger partial charge in [-0.25, -0.2) is 4.98 Å². The Morgan fingerprint density at radius 3 is 2.92 bits per heavy atom. The summed E-state index contributed by atoms with van der Waals surface area (Å²) in [6.07, 6.45) is 5.80. The number of imidazole rings is 1. The van der Waals surface area contributed by atoms with Crippen LogP contribution in [0.15, 0.2) is 18.5 Å². The zero-order valence-corrected chi connectivity index (χ0v) is 7.89. The zero-order chi connectivity index (χ0) is 9.26. The first-order chi connectivity index (χ1) is 6.29. The van der Waals surface area contributed by atoms with Crippen LogP contribution in [0.1, 0.15) is 0 Å². The van der Waals surface area contributed by atoms with Gasteiger partial charge >= 0.3 is 0 Å². The zero-order valence-electron chi connectivity index (χ0n) is 6.38. The Hall–Kier alpha value is -1.06. The van der Waals surface area contributed by atoms with Crippen LogP contribution in [0.4, 0.5) is 0 Å². The van der Waals surface area contributed by atoms with Crippen LogP contribution in [0, 0.1) is 6.33 Å². The van der Waals surface area contributed by atoms with E-state index in [1.807, 2.05) is 0 Å². The molecule has 1 radical (unpaired) electrons. The molecular formula is C8H4Cl2N3. The summed E-state index contributed by atoms with van der Waals surface area (Å²) in [6, 6.07) is 1.63. The predicted octanol–water partition coefficient (Wildman–Crippen LogP) is 2.58. The number of aromatic nitrogens is 3. The summed E-state index contributed by atoms with van der Waals surface area (Å²) in [5.74, 6) is 0. The number of nitrogens with zero attached hydrogens (tertiary/aromatic N) is 2. The summed E-state index contributed by atoms with van der Waals surface area (Å²) in [4.78, 5) is 10.7. The van der Waals surface area contributed by atoms with Crippen molar-refractivity contribution in [2.24, 2.45) is 0 Å². The van der Waals surface area contributed by atoms with Crippen LogP contribution in [0.5, 0.6) is 0 Å². The van der Waals surface area contributed by atoms with Gasteiger partial charge in [-0.05, 0) is 6.07 Å². The molecule has 0 saturated carbocycles. The fourth-order valence-electron chi connectivity index (χ4n) is 0.945. The first-order valence-corrected chi connectivity index (χ1v) is 4.26. The van der Waals surface area contributed by atoms with Gasteiger partial charge in [-0.15, -0.1) is 0 Å². The number of H-pyrrole nitrogens is 1. The van der Waals surface area contributed by atoms with Crippen molar-refractivity contribution in [3.8, 4) is 11.4 Å². The highest BCUT2D eigenvalue weighted by Gasteiger charge is 2.09. The van der Waals surface area contributed by atoms with Crippen LogP contribution < -0.4 is 0 Å². The first kappa shape index (κ1) is 8.53. The van der Waals surface area contributed by atoms with E-state index in [0.717, 1.165) is 0 Å². The van der Waals surface area contributed by atoms with E-state index in [2.05, 4.69) is 21.3 Å². The minimum atomic E-state index is 0.407. The molecule has 5 heteroatoms. The first-order valence-electron chi connectivity index (χ1n) is 3.51. The maximum atomic E-state index is 5.92. The number of hydrogen-bond donors (Lipinski definition) is 1. The van der Waals surface area contributed by atoms with Crippen molar-refractivity contribution in [2.45, 2.75) is 0 Å². The normalized spacial score (nSPS) is 10.3. The largest absolute Gasteiger partial charge is 0.341 e. The minimum absolute atomic E-state index is 0.407. The second kappa shape index (κ2) is 3.36. The van der Waals surface area contributed by atoms with Gasteiger partial charge in [0.1, 0.15) is 11.4 Å². The van der Waals surface area contributed by atoms with Crippen molar-refractivity contribution in [1.29, 1.82) is 0 Å². The molecule has 1 N–H and O–H groups in total. The van der Waals surface area contributed by atoms with E-state index < -0.39 is 0 Å². The predicted molar refractivity (Wildman–Crippen MR) is 50.7 cm³/mol. The second-order valence-corrected chi connectivity index (χ2v) is 3.14. The molecule has 0 aliphatic rings. The molecule has 0 atom stereocenters. The van der Waals surface area contributed by atoms with E-state index in [9.17, 15) is 0 Å². The molecule has 2 aromatic rings. The highest BCUT2D eigenvalue weighted by molar-refractivity contribution is 6.43. The van der Waals surface area contributed by atoms with E-state index in [4.69, 9.17) is 23.2 Å². The lowest BCUT2D eigenvalue weighted by Crippen LogP contribution is -1.84. The maximum absolute atomic E-state index is 5.92. The summed E-state index contributed by atoms with van der Waals surface area (Å²) < 4.78 is 0. The van der Waals surface area contributed by atoms with Gasteiger partial charge in [0.2, 0.25) is 0 Å². The van der Waals surface area contributed by atoms with Crippen molar-refractivity contribution in [3.63, 3.8) is 0 Å².